The van der Waals surface area contributed by atoms with Crippen LogP contribution < -0.4 is 0 Å². The second-order valence-corrected chi connectivity index (χ2v) is 11.4. The summed E-state index contributed by atoms with van der Waals surface area (Å²) in [5.74, 6) is 6.22. The molecule has 1 aromatic rings. The topological polar surface area (TPSA) is 20.2 Å². The van der Waals surface area contributed by atoms with Crippen molar-refractivity contribution < 1.29 is 5.11 Å². The van der Waals surface area contributed by atoms with Gasteiger partial charge in [0.25, 0.3) is 0 Å². The smallest absolute Gasteiger partial charge is 0.147 e. The van der Waals surface area contributed by atoms with E-state index in [4.69, 9.17) is 0 Å². The molecule has 1 atom stereocenters. The summed E-state index contributed by atoms with van der Waals surface area (Å²) in [5, 5.41) is 10.8. The lowest BCUT2D eigenvalue weighted by molar-refractivity contribution is 0.147. The molecule has 0 bridgehead atoms. The Morgan fingerprint density at radius 2 is 1.89 bits per heavy atom. The van der Waals surface area contributed by atoms with Crippen LogP contribution in [0.2, 0.25) is 19.6 Å². The first kappa shape index (κ1) is 14.1. The van der Waals surface area contributed by atoms with E-state index in [0.717, 1.165) is 30.4 Å². The van der Waals surface area contributed by atoms with Crippen molar-refractivity contribution >= 4 is 8.07 Å². The van der Waals surface area contributed by atoms with Crippen LogP contribution >= 0.6 is 0 Å². The Kier molecular flexibility index (Phi) is 3.98. The van der Waals surface area contributed by atoms with E-state index < -0.39 is 13.7 Å². The van der Waals surface area contributed by atoms with Gasteiger partial charge in [0.15, 0.2) is 0 Å². The zero-order valence-electron chi connectivity index (χ0n) is 12.0. The molecule has 1 aliphatic rings. The van der Waals surface area contributed by atoms with Crippen molar-refractivity contribution in [1.29, 1.82) is 0 Å². The van der Waals surface area contributed by atoms with Crippen LogP contribution in [0.25, 0.3) is 0 Å². The number of benzene rings is 1. The van der Waals surface area contributed by atoms with Crippen LogP contribution in [0.4, 0.5) is 0 Å². The Balaban J connectivity index is 2.28. The second-order valence-electron chi connectivity index (χ2n) is 6.37. The molecule has 1 fully saturated rings. The summed E-state index contributed by atoms with van der Waals surface area (Å²) in [5.41, 5.74) is 3.54. The van der Waals surface area contributed by atoms with Crippen molar-refractivity contribution in [3.05, 3.63) is 47.2 Å². The van der Waals surface area contributed by atoms with E-state index >= 15 is 0 Å². The van der Waals surface area contributed by atoms with Gasteiger partial charge in [0.2, 0.25) is 0 Å². The number of rotatable bonds is 1. The van der Waals surface area contributed by atoms with Gasteiger partial charge in [-0.3, -0.25) is 0 Å². The van der Waals surface area contributed by atoms with Crippen molar-refractivity contribution in [3.8, 4) is 11.8 Å². The van der Waals surface area contributed by atoms with Crippen LogP contribution in [0.15, 0.2) is 41.6 Å². The average molecular weight is 270 g/mol. The van der Waals surface area contributed by atoms with Crippen LogP contribution in [0, 0.1) is 11.8 Å². The van der Waals surface area contributed by atoms with Crippen molar-refractivity contribution in [2.24, 2.45) is 0 Å². The molecule has 2 rings (SSSR count). The Morgan fingerprint density at radius 3 is 2.53 bits per heavy atom. The molecule has 19 heavy (non-hydrogen) atoms. The van der Waals surface area contributed by atoms with Gasteiger partial charge in [-0.1, -0.05) is 55.4 Å². The van der Waals surface area contributed by atoms with Crippen molar-refractivity contribution in [2.45, 2.75) is 44.5 Å². The van der Waals surface area contributed by atoms with Crippen LogP contribution in [-0.4, -0.2) is 18.8 Å². The molecule has 0 saturated heterocycles. The summed E-state index contributed by atoms with van der Waals surface area (Å²) in [7, 11) is -1.31. The van der Waals surface area contributed by atoms with E-state index in [1.165, 1.54) is 0 Å². The van der Waals surface area contributed by atoms with Gasteiger partial charge in [-0.05, 0) is 37.0 Å². The first-order chi connectivity index (χ1) is 8.89. The Labute approximate surface area is 117 Å². The third-order valence-corrected chi connectivity index (χ3v) is 4.53. The SMILES string of the molecule is C[Si](C)(C)/C=C1\CCC[C@]1(O)C#Cc1ccccc1. The van der Waals surface area contributed by atoms with Gasteiger partial charge in [-0.2, -0.15) is 0 Å². The number of hydrogen-bond donors (Lipinski definition) is 1. The highest BCUT2D eigenvalue weighted by molar-refractivity contribution is 6.81. The fraction of sp³-hybridized carbons (Fsp3) is 0.412. The Bertz CT molecular complexity index is 528. The van der Waals surface area contributed by atoms with Gasteiger partial charge in [0, 0.05) is 5.56 Å². The zero-order valence-corrected chi connectivity index (χ0v) is 13.0. The van der Waals surface area contributed by atoms with Gasteiger partial charge in [0.05, 0.1) is 8.07 Å². The van der Waals surface area contributed by atoms with Crippen LogP contribution in [0.3, 0.4) is 0 Å². The summed E-state index contributed by atoms with van der Waals surface area (Å²) in [6.07, 6.45) is 2.80. The third kappa shape index (κ3) is 3.83. The highest BCUT2D eigenvalue weighted by atomic mass is 28.3. The largest absolute Gasteiger partial charge is 0.374 e. The van der Waals surface area contributed by atoms with Gasteiger partial charge < -0.3 is 5.11 Å². The molecule has 1 aliphatic carbocycles. The van der Waals surface area contributed by atoms with E-state index in [2.05, 4.69) is 37.2 Å². The monoisotopic (exact) mass is 270 g/mol. The van der Waals surface area contributed by atoms with Gasteiger partial charge >= 0.3 is 0 Å². The molecule has 0 unspecified atom stereocenters. The first-order valence-electron chi connectivity index (χ1n) is 6.92. The predicted molar refractivity (Wildman–Crippen MR) is 83.5 cm³/mol. The molecule has 2 heteroatoms. The van der Waals surface area contributed by atoms with Crippen molar-refractivity contribution in [3.63, 3.8) is 0 Å². The van der Waals surface area contributed by atoms with E-state index in [1.54, 1.807) is 0 Å². The minimum absolute atomic E-state index is 0.767. The minimum Gasteiger partial charge on any atom is -0.374 e. The second kappa shape index (κ2) is 5.36. The van der Waals surface area contributed by atoms with E-state index in [9.17, 15) is 5.11 Å². The summed E-state index contributed by atoms with van der Waals surface area (Å²) in [4.78, 5) is 0. The van der Waals surface area contributed by atoms with Crippen LogP contribution in [-0.2, 0) is 0 Å². The molecule has 0 aromatic heterocycles. The van der Waals surface area contributed by atoms with Gasteiger partial charge in [-0.25, -0.2) is 0 Å². The van der Waals surface area contributed by atoms with E-state index in [1.807, 2.05) is 30.3 Å². The van der Waals surface area contributed by atoms with Crippen LogP contribution in [0.1, 0.15) is 24.8 Å². The summed E-state index contributed by atoms with van der Waals surface area (Å²) >= 11 is 0. The maximum atomic E-state index is 10.8. The van der Waals surface area contributed by atoms with E-state index in [-0.39, 0.29) is 0 Å². The summed E-state index contributed by atoms with van der Waals surface area (Å²) in [6, 6.07) is 9.88. The Morgan fingerprint density at radius 1 is 1.21 bits per heavy atom. The maximum absolute atomic E-state index is 10.8. The molecule has 1 nitrogen and oxygen atoms in total. The van der Waals surface area contributed by atoms with Gasteiger partial charge in [-0.15, -0.1) is 0 Å². The molecule has 0 aliphatic heterocycles. The van der Waals surface area contributed by atoms with Crippen molar-refractivity contribution in [2.75, 3.05) is 0 Å². The summed E-state index contributed by atoms with van der Waals surface area (Å²) in [6.45, 7) is 6.89. The molecule has 1 saturated carbocycles. The molecule has 100 valence electrons. The number of aliphatic hydroxyl groups is 1. The van der Waals surface area contributed by atoms with Crippen LogP contribution in [0.5, 0.6) is 0 Å². The number of hydrogen-bond acceptors (Lipinski definition) is 1. The predicted octanol–water partition coefficient (Wildman–Crippen LogP) is 3.76. The molecular weight excluding hydrogens is 248 g/mol. The standard InChI is InChI=1S/C17H22OSi/c1-19(2,3)14-16-10-7-12-17(16,18)13-11-15-8-5-4-6-9-15/h4-6,8-9,14,18H,7,10,12H2,1-3H3/b16-14+/t17-/m0/s1. The Hall–Kier alpha value is -1.30. The molecule has 0 spiro atoms. The molecule has 0 radical (unpaired) electrons. The third-order valence-electron chi connectivity index (χ3n) is 3.31. The molecule has 0 heterocycles. The molecular formula is C17H22OSi. The maximum Gasteiger partial charge on any atom is 0.147 e. The van der Waals surface area contributed by atoms with E-state index in [0.29, 0.717) is 0 Å². The molecule has 1 N–H and O–H groups in total. The first-order valence-corrected chi connectivity index (χ1v) is 10.5. The molecule has 1 aromatic carbocycles. The fourth-order valence-electron chi connectivity index (χ4n) is 2.46. The fourth-order valence-corrected chi connectivity index (χ4v) is 3.88. The quantitative estimate of drug-likeness (QED) is 0.608. The normalized spacial score (nSPS) is 25.2. The lowest BCUT2D eigenvalue weighted by Crippen LogP contribution is -2.28. The zero-order chi connectivity index (χ0) is 13.9. The minimum atomic E-state index is -1.31. The average Bonchev–Trinajstić information content (AvgIpc) is 2.68. The lowest BCUT2D eigenvalue weighted by Gasteiger charge is -2.21. The summed E-state index contributed by atoms with van der Waals surface area (Å²) < 4.78 is 0. The van der Waals surface area contributed by atoms with Gasteiger partial charge in [0.1, 0.15) is 5.60 Å². The highest BCUT2D eigenvalue weighted by Crippen LogP contribution is 2.35. The highest BCUT2D eigenvalue weighted by Gasteiger charge is 2.35. The molecule has 0 amide bonds. The lowest BCUT2D eigenvalue weighted by atomic mass is 9.98. The van der Waals surface area contributed by atoms with Crippen molar-refractivity contribution in [1.82, 2.24) is 0 Å².